The Labute approximate surface area is 197 Å². The van der Waals surface area contributed by atoms with E-state index in [1.165, 1.54) is 38.0 Å². The summed E-state index contributed by atoms with van der Waals surface area (Å²) in [4.78, 5) is 20.5. The van der Waals surface area contributed by atoms with E-state index < -0.39 is 15.3 Å². The normalized spacial score (nSPS) is 12.7. The zero-order valence-electron chi connectivity index (χ0n) is 18.2. The van der Waals surface area contributed by atoms with E-state index >= 15 is 0 Å². The lowest BCUT2D eigenvalue weighted by atomic mass is 10.1. The van der Waals surface area contributed by atoms with Gasteiger partial charge >= 0.3 is 0 Å². The van der Waals surface area contributed by atoms with Crippen molar-refractivity contribution in [1.29, 1.82) is 0 Å². The number of rotatable bonds is 8. The average Bonchev–Trinajstić information content (AvgIpc) is 3.08. The van der Waals surface area contributed by atoms with E-state index in [2.05, 4.69) is 15.3 Å². The molecule has 1 heterocycles. The molecule has 0 spiro atoms. The number of sulfonamides is 1. The number of benzene rings is 2. The molecule has 0 bridgehead atoms. The van der Waals surface area contributed by atoms with Crippen LogP contribution in [0.15, 0.2) is 58.6 Å². The van der Waals surface area contributed by atoms with Gasteiger partial charge in [0.2, 0.25) is 15.9 Å². The summed E-state index contributed by atoms with van der Waals surface area (Å²) in [5.74, 6) is -0.274. The molecule has 32 heavy (non-hydrogen) atoms. The van der Waals surface area contributed by atoms with Gasteiger partial charge in [0.1, 0.15) is 4.90 Å². The first-order valence-corrected chi connectivity index (χ1v) is 12.6. The van der Waals surface area contributed by atoms with Crippen molar-refractivity contribution in [1.82, 2.24) is 14.3 Å². The average molecular weight is 493 g/mol. The molecular weight excluding hydrogens is 468 g/mol. The van der Waals surface area contributed by atoms with E-state index in [4.69, 9.17) is 11.6 Å². The molecule has 3 rings (SSSR count). The third-order valence-corrected chi connectivity index (χ3v) is 8.07. The molecule has 3 aromatic rings. The van der Waals surface area contributed by atoms with Crippen LogP contribution in [-0.4, -0.2) is 47.9 Å². The highest BCUT2D eigenvalue weighted by Crippen LogP contribution is 2.28. The summed E-state index contributed by atoms with van der Waals surface area (Å²) in [6.45, 7) is 3.72. The number of nitrogens with one attached hydrogen (secondary N) is 2. The Morgan fingerprint density at radius 3 is 2.56 bits per heavy atom. The van der Waals surface area contributed by atoms with Gasteiger partial charge in [0, 0.05) is 31.9 Å². The molecule has 0 saturated heterocycles. The molecular formula is C22H25ClN4O3S2. The van der Waals surface area contributed by atoms with Gasteiger partial charge < -0.3 is 10.3 Å². The first kappa shape index (κ1) is 24.3. The van der Waals surface area contributed by atoms with Gasteiger partial charge in [-0.05, 0) is 37.6 Å². The van der Waals surface area contributed by atoms with Gasteiger partial charge in [-0.2, -0.15) is 0 Å². The quantitative estimate of drug-likeness (QED) is 0.456. The van der Waals surface area contributed by atoms with Crippen LogP contribution in [0.25, 0.3) is 0 Å². The summed E-state index contributed by atoms with van der Waals surface area (Å²) >= 11 is 7.37. The second-order valence-electron chi connectivity index (χ2n) is 7.46. The smallest absolute Gasteiger partial charge is 0.244 e. The van der Waals surface area contributed by atoms with Crippen LogP contribution in [0.4, 0.5) is 5.69 Å². The number of aryl methyl sites for hydroxylation is 1. The predicted molar refractivity (Wildman–Crippen MR) is 129 cm³/mol. The SMILES string of the molecule is Cc1[nH]c(SC(C)C(=O)Nc2ccc(Cl)c(S(=O)(=O)N(C)C)c2)nc1Cc1ccccc1. The Bertz CT molecular complexity index is 1210. The van der Waals surface area contributed by atoms with E-state index in [1.807, 2.05) is 37.3 Å². The van der Waals surface area contributed by atoms with Crippen LogP contribution in [0.3, 0.4) is 0 Å². The lowest BCUT2D eigenvalue weighted by Gasteiger charge is -2.15. The van der Waals surface area contributed by atoms with Crippen LogP contribution in [0.2, 0.25) is 5.02 Å². The van der Waals surface area contributed by atoms with Crippen molar-refractivity contribution in [2.75, 3.05) is 19.4 Å². The molecule has 2 N–H and O–H groups in total. The number of aromatic amines is 1. The number of thioether (sulfide) groups is 1. The second kappa shape index (κ2) is 10.1. The van der Waals surface area contributed by atoms with Crippen LogP contribution in [0, 0.1) is 6.92 Å². The molecule has 2 aromatic carbocycles. The molecule has 0 aliphatic rings. The van der Waals surface area contributed by atoms with Crippen molar-refractivity contribution >= 4 is 45.0 Å². The van der Waals surface area contributed by atoms with Crippen LogP contribution in [0.5, 0.6) is 0 Å². The molecule has 0 fully saturated rings. The summed E-state index contributed by atoms with van der Waals surface area (Å²) in [6.07, 6.45) is 0.707. The van der Waals surface area contributed by atoms with Gasteiger partial charge in [-0.15, -0.1) is 0 Å². The summed E-state index contributed by atoms with van der Waals surface area (Å²) in [5, 5.41) is 3.04. The Kier molecular flexibility index (Phi) is 7.66. The molecule has 1 unspecified atom stereocenters. The molecule has 0 aliphatic heterocycles. The molecule has 1 amide bonds. The van der Waals surface area contributed by atoms with Crippen LogP contribution < -0.4 is 5.32 Å². The summed E-state index contributed by atoms with van der Waals surface area (Å²) in [6, 6.07) is 14.4. The summed E-state index contributed by atoms with van der Waals surface area (Å²) < 4.78 is 26.0. The topological polar surface area (TPSA) is 95.2 Å². The zero-order chi connectivity index (χ0) is 23.5. The molecule has 0 radical (unpaired) electrons. The number of hydrogen-bond donors (Lipinski definition) is 2. The number of halogens is 1. The minimum Gasteiger partial charge on any atom is -0.337 e. The molecule has 1 aromatic heterocycles. The number of amides is 1. The zero-order valence-corrected chi connectivity index (χ0v) is 20.6. The molecule has 170 valence electrons. The van der Waals surface area contributed by atoms with E-state index in [1.54, 1.807) is 13.0 Å². The van der Waals surface area contributed by atoms with Gasteiger partial charge in [0.25, 0.3) is 0 Å². The minimum absolute atomic E-state index is 0.0607. The summed E-state index contributed by atoms with van der Waals surface area (Å²) in [7, 11) is -0.885. The van der Waals surface area contributed by atoms with Gasteiger partial charge in [0.05, 0.1) is 16.0 Å². The lowest BCUT2D eigenvalue weighted by molar-refractivity contribution is -0.115. The van der Waals surface area contributed by atoms with Crippen molar-refractivity contribution in [3.8, 4) is 0 Å². The van der Waals surface area contributed by atoms with Gasteiger partial charge in [-0.25, -0.2) is 17.7 Å². The second-order valence-corrected chi connectivity index (χ2v) is 11.3. The molecule has 0 saturated carbocycles. The Balaban J connectivity index is 1.69. The van der Waals surface area contributed by atoms with E-state index in [0.717, 1.165) is 21.3 Å². The maximum absolute atomic E-state index is 12.7. The highest BCUT2D eigenvalue weighted by atomic mass is 35.5. The third-order valence-electron chi connectivity index (χ3n) is 4.79. The number of anilines is 1. The van der Waals surface area contributed by atoms with Crippen LogP contribution >= 0.6 is 23.4 Å². The highest BCUT2D eigenvalue weighted by Gasteiger charge is 2.23. The van der Waals surface area contributed by atoms with Gasteiger partial charge in [-0.3, -0.25) is 4.79 Å². The number of hydrogen-bond acceptors (Lipinski definition) is 5. The highest BCUT2D eigenvalue weighted by molar-refractivity contribution is 8.00. The van der Waals surface area contributed by atoms with Crippen molar-refractivity contribution in [2.24, 2.45) is 0 Å². The fourth-order valence-corrected chi connectivity index (χ4v) is 5.19. The van der Waals surface area contributed by atoms with E-state index in [-0.39, 0.29) is 15.8 Å². The minimum atomic E-state index is -3.73. The van der Waals surface area contributed by atoms with Crippen molar-refractivity contribution in [3.63, 3.8) is 0 Å². The fourth-order valence-electron chi connectivity index (χ4n) is 2.92. The third kappa shape index (κ3) is 5.72. The molecule has 10 heteroatoms. The van der Waals surface area contributed by atoms with Gasteiger partial charge in [0.15, 0.2) is 5.16 Å². The molecule has 1 atom stereocenters. The van der Waals surface area contributed by atoms with Crippen molar-refractivity contribution in [2.45, 2.75) is 35.6 Å². The number of carbonyl (C=O) groups excluding carboxylic acids is 1. The molecule has 7 nitrogen and oxygen atoms in total. The maximum Gasteiger partial charge on any atom is 0.244 e. The lowest BCUT2D eigenvalue weighted by Crippen LogP contribution is -2.24. The van der Waals surface area contributed by atoms with Gasteiger partial charge in [-0.1, -0.05) is 53.7 Å². The molecule has 0 aliphatic carbocycles. The monoisotopic (exact) mass is 492 g/mol. The predicted octanol–water partition coefficient (Wildman–Crippen LogP) is 4.33. The van der Waals surface area contributed by atoms with E-state index in [9.17, 15) is 13.2 Å². The Morgan fingerprint density at radius 2 is 1.91 bits per heavy atom. The maximum atomic E-state index is 12.7. The van der Waals surface area contributed by atoms with Crippen molar-refractivity contribution in [3.05, 3.63) is 70.5 Å². The number of aromatic nitrogens is 2. The van der Waals surface area contributed by atoms with E-state index in [0.29, 0.717) is 17.3 Å². The standard InChI is InChI=1S/C22H25ClN4O3S2/c1-14-19(12-16-8-6-5-7-9-16)26-22(24-14)31-15(2)21(28)25-17-10-11-18(23)20(13-17)32(29,30)27(3)4/h5-11,13,15H,12H2,1-4H3,(H,24,26)(H,25,28). The van der Waals surface area contributed by atoms with Crippen molar-refractivity contribution < 1.29 is 13.2 Å². The largest absolute Gasteiger partial charge is 0.337 e. The van der Waals surface area contributed by atoms with Crippen LogP contribution in [0.1, 0.15) is 23.9 Å². The first-order valence-electron chi connectivity index (χ1n) is 9.87. The number of imidazole rings is 1. The van der Waals surface area contributed by atoms with Crippen LogP contribution in [-0.2, 0) is 21.2 Å². The first-order chi connectivity index (χ1) is 15.1. The Morgan fingerprint density at radius 1 is 1.22 bits per heavy atom. The number of carbonyl (C=O) groups is 1. The number of H-pyrrole nitrogens is 1. The summed E-state index contributed by atoms with van der Waals surface area (Å²) in [5.41, 5.74) is 3.41. The fraction of sp³-hybridized carbons (Fsp3) is 0.273. The number of nitrogens with zero attached hydrogens (tertiary/aromatic N) is 2. The Hall–Kier alpha value is -2.33.